The van der Waals surface area contributed by atoms with Crippen molar-refractivity contribution in [1.82, 2.24) is 0 Å². The lowest BCUT2D eigenvalue weighted by atomic mass is 10.6. The zero-order chi connectivity index (χ0) is 4.95. The minimum Gasteiger partial charge on any atom is -0.335 e. The summed E-state index contributed by atoms with van der Waals surface area (Å²) in [5.41, 5.74) is 0. The molecule has 1 aliphatic rings. The van der Waals surface area contributed by atoms with Crippen molar-refractivity contribution in [2.24, 2.45) is 10.4 Å². The van der Waals surface area contributed by atoms with Gasteiger partial charge in [0.1, 0.15) is 0 Å². The van der Waals surface area contributed by atoms with Gasteiger partial charge < -0.3 is 4.84 Å². The summed E-state index contributed by atoms with van der Waals surface area (Å²) >= 11 is 0. The average molecular weight is 95.1 g/mol. The third kappa shape index (κ3) is 1.17. The number of hydrogen-bond acceptors (Lipinski definition) is 3. The van der Waals surface area contributed by atoms with E-state index < -0.39 is 0 Å². The first kappa shape index (κ1) is 4.05. The van der Waals surface area contributed by atoms with Gasteiger partial charge in [-0.3, -0.25) is 0 Å². The summed E-state index contributed by atoms with van der Waals surface area (Å²) < 4.78 is 0. The van der Waals surface area contributed by atoms with E-state index in [9.17, 15) is 0 Å². The van der Waals surface area contributed by atoms with Crippen LogP contribution in [0.3, 0.4) is 0 Å². The molecule has 0 saturated carbocycles. The predicted octanol–water partition coefficient (Wildman–Crippen LogP) is 1.21. The van der Waals surface area contributed by atoms with Crippen LogP contribution < -0.4 is 0 Å². The number of hydrogen-bond donors (Lipinski definition) is 0. The Morgan fingerprint density at radius 2 is 2.57 bits per heavy atom. The zero-order valence-electron chi connectivity index (χ0n) is 3.53. The van der Waals surface area contributed by atoms with Crippen molar-refractivity contribution >= 4 is 0 Å². The van der Waals surface area contributed by atoms with Crippen molar-refractivity contribution in [3.63, 3.8) is 0 Å². The van der Waals surface area contributed by atoms with Crippen molar-refractivity contribution in [3.05, 3.63) is 24.6 Å². The van der Waals surface area contributed by atoms with E-state index in [1.165, 1.54) is 6.20 Å². The molecule has 0 N–H and O–H groups in total. The van der Waals surface area contributed by atoms with Gasteiger partial charge in [-0.25, -0.2) is 0 Å². The van der Waals surface area contributed by atoms with Gasteiger partial charge >= 0.3 is 0 Å². The fraction of sp³-hybridized carbons (Fsp3) is 0. The molecule has 35 valence electrons. The monoisotopic (exact) mass is 95.0 g/mol. The first-order valence-corrected chi connectivity index (χ1v) is 1.80. The summed E-state index contributed by atoms with van der Waals surface area (Å²) in [6, 6.07) is 0. The second-order valence-electron chi connectivity index (χ2n) is 0.914. The molecule has 3 heteroatoms. The molecule has 0 aromatic rings. The number of nitrogens with zero attached hydrogens (tertiary/aromatic N) is 2. The van der Waals surface area contributed by atoms with Crippen molar-refractivity contribution in [2.75, 3.05) is 0 Å². The van der Waals surface area contributed by atoms with Crippen molar-refractivity contribution in [2.45, 2.75) is 0 Å². The Bertz CT molecular complexity index is 112. The van der Waals surface area contributed by atoms with E-state index in [-0.39, 0.29) is 0 Å². The van der Waals surface area contributed by atoms with Crippen LogP contribution in [0.1, 0.15) is 0 Å². The van der Waals surface area contributed by atoms with Gasteiger partial charge in [-0.1, -0.05) is 0 Å². The lowest BCUT2D eigenvalue weighted by molar-refractivity contribution is 0.222. The van der Waals surface area contributed by atoms with Crippen LogP contribution in [-0.4, -0.2) is 0 Å². The van der Waals surface area contributed by atoms with Crippen LogP contribution in [0.15, 0.2) is 28.7 Å². The van der Waals surface area contributed by atoms with Crippen LogP contribution in [0.25, 0.3) is 0 Å². The van der Waals surface area contributed by atoms with E-state index in [4.69, 9.17) is 0 Å². The quantitative estimate of drug-likeness (QED) is 0.445. The smallest absolute Gasteiger partial charge is 0.205 e. The summed E-state index contributed by atoms with van der Waals surface area (Å²) in [6.07, 6.45) is 7.15. The summed E-state index contributed by atoms with van der Waals surface area (Å²) in [4.78, 5) is 4.28. The van der Waals surface area contributed by atoms with E-state index in [1.807, 2.05) is 0 Å². The molecule has 1 aliphatic heterocycles. The molecule has 0 aromatic carbocycles. The van der Waals surface area contributed by atoms with Gasteiger partial charge in [0.05, 0.1) is 6.20 Å². The minimum atomic E-state index is 1.51. The Hall–Kier alpha value is -1.12. The van der Waals surface area contributed by atoms with Gasteiger partial charge in [0.15, 0.2) is 0 Å². The van der Waals surface area contributed by atoms with Gasteiger partial charge in [-0.05, 0) is 12.2 Å². The summed E-state index contributed by atoms with van der Waals surface area (Å²) in [5.74, 6) is 0. The van der Waals surface area contributed by atoms with Crippen LogP contribution in [0.2, 0.25) is 0 Å². The third-order valence-corrected chi connectivity index (χ3v) is 0.458. The normalized spacial score (nSPS) is 16.0. The maximum Gasteiger partial charge on any atom is 0.205 e. The van der Waals surface area contributed by atoms with Crippen LogP contribution in [0, 0.1) is 6.26 Å². The van der Waals surface area contributed by atoms with E-state index >= 15 is 0 Å². The van der Waals surface area contributed by atoms with Crippen molar-refractivity contribution < 1.29 is 4.84 Å². The highest BCUT2D eigenvalue weighted by molar-refractivity contribution is 4.96. The molecule has 3 nitrogen and oxygen atoms in total. The first-order chi connectivity index (χ1) is 3.50. The second kappa shape index (κ2) is 2.12. The molecule has 0 aromatic heterocycles. The Morgan fingerprint density at radius 1 is 1.57 bits per heavy atom. The topological polar surface area (TPSA) is 34.0 Å². The molecule has 0 unspecified atom stereocenters. The van der Waals surface area contributed by atoms with Crippen LogP contribution in [-0.2, 0) is 4.84 Å². The Morgan fingerprint density at radius 3 is 3.57 bits per heavy atom. The van der Waals surface area contributed by atoms with Gasteiger partial charge in [-0.2, -0.15) is 0 Å². The standard InChI is InChI=1S/C4H3N2O/c1-2-4-7-6-5-3-1/h1-3H. The molecule has 0 saturated heterocycles. The predicted molar refractivity (Wildman–Crippen MR) is 22.9 cm³/mol. The van der Waals surface area contributed by atoms with Crippen LogP contribution in [0.4, 0.5) is 0 Å². The summed E-state index contributed by atoms with van der Waals surface area (Å²) in [5, 5.41) is 6.57. The Balaban J connectivity index is 2.60. The highest BCUT2D eigenvalue weighted by Crippen LogP contribution is 1.87. The van der Waals surface area contributed by atoms with Crippen LogP contribution in [0.5, 0.6) is 0 Å². The highest BCUT2D eigenvalue weighted by atomic mass is 16.6. The SMILES string of the molecule is [C]1=CC=CN=NO1. The van der Waals surface area contributed by atoms with E-state index in [1.54, 1.807) is 12.2 Å². The zero-order valence-corrected chi connectivity index (χ0v) is 3.53. The maximum absolute atomic E-state index is 4.28. The molecule has 1 radical (unpaired) electrons. The summed E-state index contributed by atoms with van der Waals surface area (Å²) in [7, 11) is 0. The van der Waals surface area contributed by atoms with E-state index in [0.717, 1.165) is 0 Å². The summed E-state index contributed by atoms with van der Waals surface area (Å²) in [6.45, 7) is 0. The first-order valence-electron chi connectivity index (χ1n) is 1.80. The molecular formula is C4H3N2O. The van der Waals surface area contributed by atoms with Crippen molar-refractivity contribution in [1.29, 1.82) is 0 Å². The van der Waals surface area contributed by atoms with E-state index in [0.29, 0.717) is 0 Å². The lowest BCUT2D eigenvalue weighted by Gasteiger charge is -1.73. The minimum absolute atomic E-state index is 1.51. The molecule has 0 amide bonds. The highest BCUT2D eigenvalue weighted by Gasteiger charge is 1.73. The van der Waals surface area contributed by atoms with Gasteiger partial charge in [0, 0.05) is 5.28 Å². The van der Waals surface area contributed by atoms with Gasteiger partial charge in [-0.15, -0.1) is 5.11 Å². The average Bonchev–Trinajstić information content (AvgIpc) is 1.90. The fourth-order valence-corrected chi connectivity index (χ4v) is 0.226. The second-order valence-corrected chi connectivity index (χ2v) is 0.914. The molecule has 0 atom stereocenters. The number of rotatable bonds is 0. The molecule has 0 aliphatic carbocycles. The molecule has 1 rings (SSSR count). The molecule has 0 bridgehead atoms. The Labute approximate surface area is 41.0 Å². The van der Waals surface area contributed by atoms with Gasteiger partial charge in [0.2, 0.25) is 6.26 Å². The van der Waals surface area contributed by atoms with Gasteiger partial charge in [0.25, 0.3) is 0 Å². The van der Waals surface area contributed by atoms with E-state index in [2.05, 4.69) is 21.5 Å². The molecule has 1 heterocycles. The molecule has 0 spiro atoms. The fourth-order valence-electron chi connectivity index (χ4n) is 0.226. The maximum atomic E-state index is 4.28. The Kier molecular flexibility index (Phi) is 1.23. The third-order valence-electron chi connectivity index (χ3n) is 0.458. The lowest BCUT2D eigenvalue weighted by Crippen LogP contribution is -1.57. The molecular weight excluding hydrogens is 92.1 g/mol. The van der Waals surface area contributed by atoms with Crippen LogP contribution >= 0.6 is 0 Å². The molecule has 7 heavy (non-hydrogen) atoms. The van der Waals surface area contributed by atoms with Crippen molar-refractivity contribution in [3.8, 4) is 0 Å². The molecule has 0 fully saturated rings. The largest absolute Gasteiger partial charge is 0.335 e. The number of allylic oxidation sites excluding steroid dienone is 2.